The van der Waals surface area contributed by atoms with E-state index in [2.05, 4.69) is 4.98 Å². The van der Waals surface area contributed by atoms with Crippen molar-refractivity contribution in [2.24, 2.45) is 0 Å². The summed E-state index contributed by atoms with van der Waals surface area (Å²) in [6, 6.07) is 4.28. The predicted molar refractivity (Wildman–Crippen MR) is 104 cm³/mol. The van der Waals surface area contributed by atoms with Crippen molar-refractivity contribution in [1.82, 2.24) is 14.8 Å². The third-order valence-electron chi connectivity index (χ3n) is 4.69. The molecule has 140 valence electrons. The van der Waals surface area contributed by atoms with Crippen LogP contribution in [0.5, 0.6) is 0 Å². The predicted octanol–water partition coefficient (Wildman–Crippen LogP) is 2.81. The number of thiazole rings is 1. The number of thiophene rings is 1. The van der Waals surface area contributed by atoms with E-state index in [0.717, 1.165) is 35.0 Å². The van der Waals surface area contributed by atoms with Crippen molar-refractivity contribution in [2.45, 2.75) is 32.2 Å². The molecular formula is C18H23N3O3S2. The van der Waals surface area contributed by atoms with Gasteiger partial charge in [0.25, 0.3) is 0 Å². The minimum atomic E-state index is -0.796. The maximum absolute atomic E-state index is 12.6. The smallest absolute Gasteiger partial charge is 0.317 e. The van der Waals surface area contributed by atoms with E-state index in [1.165, 1.54) is 0 Å². The van der Waals surface area contributed by atoms with E-state index in [9.17, 15) is 9.59 Å². The molecule has 1 aliphatic rings. The number of piperidine rings is 1. The number of rotatable bonds is 7. The lowest BCUT2D eigenvalue weighted by atomic mass is 10.0. The minimum absolute atomic E-state index is 0.0689. The summed E-state index contributed by atoms with van der Waals surface area (Å²) in [5, 5.41) is 14.0. The van der Waals surface area contributed by atoms with E-state index in [1.54, 1.807) is 22.7 Å². The van der Waals surface area contributed by atoms with Gasteiger partial charge in [0.05, 0.1) is 23.5 Å². The first-order valence-corrected chi connectivity index (χ1v) is 10.5. The number of carbonyl (C=O) groups is 2. The molecule has 0 radical (unpaired) electrons. The second kappa shape index (κ2) is 8.75. The molecule has 2 aromatic rings. The number of amides is 1. The average Bonchev–Trinajstić information content (AvgIpc) is 3.31. The van der Waals surface area contributed by atoms with Crippen LogP contribution in [0, 0.1) is 0 Å². The van der Waals surface area contributed by atoms with Crippen molar-refractivity contribution >= 4 is 34.6 Å². The molecule has 0 aliphatic carbocycles. The maximum Gasteiger partial charge on any atom is 0.317 e. The monoisotopic (exact) mass is 393 g/mol. The Kier molecular flexibility index (Phi) is 6.39. The van der Waals surface area contributed by atoms with Crippen molar-refractivity contribution in [3.63, 3.8) is 0 Å². The molecule has 2 aromatic heterocycles. The van der Waals surface area contributed by atoms with Gasteiger partial charge < -0.3 is 10.0 Å². The SMILES string of the molecule is CCN(CC(=O)O)C1CCN(C(=O)Cc2csc(-c3cccs3)n2)CC1. The van der Waals surface area contributed by atoms with E-state index in [-0.39, 0.29) is 18.5 Å². The second-order valence-corrected chi connectivity index (χ2v) is 8.17. The number of likely N-dealkylation sites (tertiary alicyclic amines) is 1. The van der Waals surface area contributed by atoms with Crippen LogP contribution in [0.2, 0.25) is 0 Å². The number of nitrogens with zero attached hydrogens (tertiary/aromatic N) is 3. The number of carboxylic acids is 1. The van der Waals surface area contributed by atoms with Crippen molar-refractivity contribution in [3.8, 4) is 9.88 Å². The fourth-order valence-corrected chi connectivity index (χ4v) is 4.96. The normalized spacial score (nSPS) is 15.5. The summed E-state index contributed by atoms with van der Waals surface area (Å²) in [6.07, 6.45) is 1.98. The molecule has 8 heteroatoms. The van der Waals surface area contributed by atoms with E-state index in [0.29, 0.717) is 19.5 Å². The fraction of sp³-hybridized carbons (Fsp3) is 0.500. The number of likely N-dealkylation sites (N-methyl/N-ethyl adjacent to an activating group) is 1. The van der Waals surface area contributed by atoms with Gasteiger partial charge in [0.1, 0.15) is 5.01 Å². The molecule has 0 atom stereocenters. The number of hydrogen-bond acceptors (Lipinski definition) is 6. The van der Waals surface area contributed by atoms with Crippen molar-refractivity contribution < 1.29 is 14.7 Å². The van der Waals surface area contributed by atoms with Crippen molar-refractivity contribution in [1.29, 1.82) is 0 Å². The Hall–Kier alpha value is -1.77. The maximum atomic E-state index is 12.6. The van der Waals surface area contributed by atoms with Crippen LogP contribution < -0.4 is 0 Å². The molecule has 1 saturated heterocycles. The van der Waals surface area contributed by atoms with Crippen LogP contribution in [0.3, 0.4) is 0 Å². The van der Waals surface area contributed by atoms with Gasteiger partial charge in [-0.2, -0.15) is 0 Å². The Morgan fingerprint density at radius 1 is 1.35 bits per heavy atom. The number of hydrogen-bond donors (Lipinski definition) is 1. The molecule has 0 spiro atoms. The third-order valence-corrected chi connectivity index (χ3v) is 6.62. The van der Waals surface area contributed by atoms with Crippen LogP contribution in [0.15, 0.2) is 22.9 Å². The molecule has 3 heterocycles. The lowest BCUT2D eigenvalue weighted by Crippen LogP contribution is -2.48. The lowest BCUT2D eigenvalue weighted by Gasteiger charge is -2.37. The van der Waals surface area contributed by atoms with E-state index >= 15 is 0 Å². The first kappa shape index (κ1) is 19.0. The molecule has 1 N–H and O–H groups in total. The molecule has 6 nitrogen and oxygen atoms in total. The Morgan fingerprint density at radius 3 is 2.73 bits per heavy atom. The van der Waals surface area contributed by atoms with Gasteiger partial charge in [0.2, 0.25) is 5.91 Å². The first-order valence-electron chi connectivity index (χ1n) is 8.78. The number of carboxylic acid groups (broad SMARTS) is 1. The van der Waals surface area contributed by atoms with E-state index < -0.39 is 5.97 Å². The van der Waals surface area contributed by atoms with Crippen molar-refractivity contribution in [2.75, 3.05) is 26.2 Å². The second-order valence-electron chi connectivity index (χ2n) is 6.37. The average molecular weight is 394 g/mol. The Balaban J connectivity index is 1.51. The van der Waals surface area contributed by atoms with Gasteiger partial charge in [0.15, 0.2) is 0 Å². The zero-order chi connectivity index (χ0) is 18.5. The standard InChI is InChI=1S/C18H23N3O3S2/c1-2-20(11-17(23)24)14-5-7-21(8-6-14)16(22)10-13-12-26-18(19-13)15-4-3-9-25-15/h3-4,9,12,14H,2,5-8,10-11H2,1H3,(H,23,24). The lowest BCUT2D eigenvalue weighted by molar-refractivity contribution is -0.140. The summed E-state index contributed by atoms with van der Waals surface area (Å²) < 4.78 is 0. The summed E-state index contributed by atoms with van der Waals surface area (Å²) in [6.45, 7) is 4.13. The first-order chi connectivity index (χ1) is 12.6. The van der Waals surface area contributed by atoms with Crippen LogP contribution in [-0.4, -0.2) is 64.0 Å². The minimum Gasteiger partial charge on any atom is -0.480 e. The molecule has 1 fully saturated rings. The zero-order valence-electron chi connectivity index (χ0n) is 14.8. The topological polar surface area (TPSA) is 73.7 Å². The molecule has 0 aromatic carbocycles. The Bertz CT molecular complexity index is 737. The van der Waals surface area contributed by atoms with Crippen LogP contribution >= 0.6 is 22.7 Å². The molecule has 1 aliphatic heterocycles. The van der Waals surface area contributed by atoms with Crippen LogP contribution in [0.25, 0.3) is 9.88 Å². The Morgan fingerprint density at radius 2 is 2.12 bits per heavy atom. The van der Waals surface area contributed by atoms with Gasteiger partial charge >= 0.3 is 5.97 Å². The summed E-state index contributed by atoms with van der Waals surface area (Å²) in [5.74, 6) is -0.691. The van der Waals surface area contributed by atoms with Gasteiger partial charge in [-0.1, -0.05) is 13.0 Å². The molecule has 3 rings (SSSR count). The highest BCUT2D eigenvalue weighted by atomic mass is 32.1. The highest BCUT2D eigenvalue weighted by Gasteiger charge is 2.27. The third kappa shape index (κ3) is 4.69. The zero-order valence-corrected chi connectivity index (χ0v) is 16.4. The van der Waals surface area contributed by atoms with Gasteiger partial charge in [-0.15, -0.1) is 22.7 Å². The largest absolute Gasteiger partial charge is 0.480 e. The van der Waals surface area contributed by atoms with Crippen LogP contribution in [-0.2, 0) is 16.0 Å². The number of carbonyl (C=O) groups excluding carboxylic acids is 1. The number of aromatic nitrogens is 1. The van der Waals surface area contributed by atoms with E-state index in [4.69, 9.17) is 5.11 Å². The molecule has 0 unspecified atom stereocenters. The van der Waals surface area contributed by atoms with Gasteiger partial charge in [-0.25, -0.2) is 4.98 Å². The highest BCUT2D eigenvalue weighted by molar-refractivity contribution is 7.20. The summed E-state index contributed by atoms with van der Waals surface area (Å²) >= 11 is 3.23. The Labute approximate surface area is 161 Å². The summed E-state index contributed by atoms with van der Waals surface area (Å²) in [4.78, 5) is 33.1. The van der Waals surface area contributed by atoms with Gasteiger partial charge in [0, 0.05) is 24.5 Å². The quantitative estimate of drug-likeness (QED) is 0.783. The number of aliphatic carboxylic acids is 1. The van der Waals surface area contributed by atoms with Crippen LogP contribution in [0.1, 0.15) is 25.5 Å². The summed E-state index contributed by atoms with van der Waals surface area (Å²) in [5.41, 5.74) is 0.826. The van der Waals surface area contributed by atoms with Gasteiger partial charge in [-0.05, 0) is 30.8 Å². The molecular weight excluding hydrogens is 370 g/mol. The van der Waals surface area contributed by atoms with Crippen LogP contribution in [0.4, 0.5) is 0 Å². The molecule has 0 saturated carbocycles. The van der Waals surface area contributed by atoms with Gasteiger partial charge in [-0.3, -0.25) is 14.5 Å². The van der Waals surface area contributed by atoms with Crippen molar-refractivity contribution in [3.05, 3.63) is 28.6 Å². The molecule has 26 heavy (non-hydrogen) atoms. The van der Waals surface area contributed by atoms with E-state index in [1.807, 2.05) is 39.6 Å². The molecule has 1 amide bonds. The summed E-state index contributed by atoms with van der Waals surface area (Å²) in [7, 11) is 0. The fourth-order valence-electron chi connectivity index (χ4n) is 3.32. The highest BCUT2D eigenvalue weighted by Crippen LogP contribution is 2.28. The molecule has 0 bridgehead atoms.